The Morgan fingerprint density at radius 2 is 2.12 bits per heavy atom. The molecule has 2 aliphatic rings. The second kappa shape index (κ2) is 9.15. The van der Waals surface area contributed by atoms with Crippen LogP contribution in [0.25, 0.3) is 0 Å². The first-order chi connectivity index (χ1) is 12.7. The zero-order chi connectivity index (χ0) is 18.4. The molecule has 4 nitrogen and oxygen atoms in total. The zero-order valence-electron chi connectivity index (χ0n) is 15.3. The molecule has 0 heterocycles. The van der Waals surface area contributed by atoms with E-state index in [-0.39, 0.29) is 24.4 Å². The molecule has 2 aliphatic carbocycles. The molecule has 4 heteroatoms. The van der Waals surface area contributed by atoms with Crippen LogP contribution in [0.3, 0.4) is 0 Å². The molecule has 1 aromatic rings. The summed E-state index contributed by atoms with van der Waals surface area (Å²) in [4.78, 5) is 13.0. The first kappa shape index (κ1) is 18.9. The van der Waals surface area contributed by atoms with Crippen molar-refractivity contribution in [2.45, 2.75) is 50.7 Å². The molecule has 0 spiro atoms. The molecule has 3 rings (SSSR count). The SMILES string of the molecule is NC[C@@H](O)C[C@@H](CC1C=CC=CCC1)C(=O)N[C@@H]1CCc2ccccc21. The number of nitrogens with one attached hydrogen (secondary N) is 1. The topological polar surface area (TPSA) is 75.3 Å². The van der Waals surface area contributed by atoms with E-state index in [0.717, 1.165) is 32.1 Å². The monoisotopic (exact) mass is 354 g/mol. The summed E-state index contributed by atoms with van der Waals surface area (Å²) in [5.41, 5.74) is 8.16. The molecule has 4 N–H and O–H groups in total. The average molecular weight is 354 g/mol. The van der Waals surface area contributed by atoms with Crippen LogP contribution < -0.4 is 11.1 Å². The summed E-state index contributed by atoms with van der Waals surface area (Å²) in [6.07, 6.45) is 13.1. The fourth-order valence-electron chi connectivity index (χ4n) is 4.10. The number of hydrogen-bond acceptors (Lipinski definition) is 3. The lowest BCUT2D eigenvalue weighted by Crippen LogP contribution is -2.37. The molecule has 1 unspecified atom stereocenters. The average Bonchev–Trinajstić information content (AvgIpc) is 2.88. The van der Waals surface area contributed by atoms with Gasteiger partial charge in [0, 0.05) is 12.5 Å². The van der Waals surface area contributed by atoms with Gasteiger partial charge in [-0.3, -0.25) is 4.79 Å². The van der Waals surface area contributed by atoms with Gasteiger partial charge in [0.25, 0.3) is 0 Å². The van der Waals surface area contributed by atoms with Gasteiger partial charge in [-0.2, -0.15) is 0 Å². The van der Waals surface area contributed by atoms with Crippen LogP contribution >= 0.6 is 0 Å². The van der Waals surface area contributed by atoms with E-state index in [0.29, 0.717) is 12.3 Å². The molecule has 0 aromatic heterocycles. The minimum atomic E-state index is -0.630. The Morgan fingerprint density at radius 1 is 1.27 bits per heavy atom. The van der Waals surface area contributed by atoms with Gasteiger partial charge in [0.15, 0.2) is 0 Å². The summed E-state index contributed by atoms with van der Waals surface area (Å²) in [5, 5.41) is 13.3. The number of aliphatic hydroxyl groups excluding tert-OH is 1. The van der Waals surface area contributed by atoms with Crippen molar-refractivity contribution < 1.29 is 9.90 Å². The maximum absolute atomic E-state index is 13.0. The number of allylic oxidation sites excluding steroid dienone is 4. The Kier molecular flexibility index (Phi) is 6.64. The molecule has 4 atom stereocenters. The molecule has 0 fully saturated rings. The van der Waals surface area contributed by atoms with Crippen molar-refractivity contribution >= 4 is 5.91 Å². The molecule has 26 heavy (non-hydrogen) atoms. The van der Waals surface area contributed by atoms with E-state index < -0.39 is 6.10 Å². The summed E-state index contributed by atoms with van der Waals surface area (Å²) < 4.78 is 0. The molecular formula is C22H30N2O2. The fourth-order valence-corrected chi connectivity index (χ4v) is 4.10. The van der Waals surface area contributed by atoms with Gasteiger partial charge in [-0.15, -0.1) is 0 Å². The van der Waals surface area contributed by atoms with E-state index in [4.69, 9.17) is 5.73 Å². The third-order valence-electron chi connectivity index (χ3n) is 5.57. The van der Waals surface area contributed by atoms with Gasteiger partial charge >= 0.3 is 0 Å². The normalized spacial score (nSPS) is 23.9. The van der Waals surface area contributed by atoms with Crippen LogP contribution in [0.4, 0.5) is 0 Å². The molecule has 0 aliphatic heterocycles. The van der Waals surface area contributed by atoms with Gasteiger partial charge in [-0.1, -0.05) is 48.6 Å². The quantitative estimate of drug-likeness (QED) is 0.704. The van der Waals surface area contributed by atoms with Gasteiger partial charge in [0.05, 0.1) is 12.1 Å². The van der Waals surface area contributed by atoms with Crippen LogP contribution in [0.5, 0.6) is 0 Å². The van der Waals surface area contributed by atoms with Crippen molar-refractivity contribution in [3.8, 4) is 0 Å². The number of rotatable bonds is 7. The summed E-state index contributed by atoms with van der Waals surface area (Å²) in [6.45, 7) is 0.193. The first-order valence-corrected chi connectivity index (χ1v) is 9.77. The Bertz CT molecular complexity index is 668. The minimum absolute atomic E-state index is 0.0461. The van der Waals surface area contributed by atoms with Crippen LogP contribution in [-0.4, -0.2) is 23.7 Å². The van der Waals surface area contributed by atoms with E-state index in [1.54, 1.807) is 0 Å². The van der Waals surface area contributed by atoms with Crippen molar-refractivity contribution in [3.05, 3.63) is 59.7 Å². The van der Waals surface area contributed by atoms with Crippen molar-refractivity contribution in [1.82, 2.24) is 5.32 Å². The fraction of sp³-hybridized carbons (Fsp3) is 0.500. The molecule has 0 radical (unpaired) electrons. The second-order valence-corrected chi connectivity index (χ2v) is 7.51. The standard InChI is InChI=1S/C22H30N2O2/c23-15-19(25)14-18(13-16-7-3-1-2-4-8-16)22(26)24-21-12-11-17-9-5-6-10-20(17)21/h1-3,5-7,9-10,16,18-19,21,25H,4,8,11-15,23H2,(H,24,26)/t16?,18-,19+,21-/m1/s1. The highest BCUT2D eigenvalue weighted by atomic mass is 16.3. The number of benzene rings is 1. The number of nitrogens with two attached hydrogens (primary N) is 1. The number of fused-ring (bicyclic) bond motifs is 1. The largest absolute Gasteiger partial charge is 0.392 e. The summed E-state index contributed by atoms with van der Waals surface area (Å²) in [6, 6.07) is 8.41. The lowest BCUT2D eigenvalue weighted by Gasteiger charge is -2.25. The molecular weight excluding hydrogens is 324 g/mol. The van der Waals surface area contributed by atoms with E-state index in [1.165, 1.54) is 11.1 Å². The van der Waals surface area contributed by atoms with E-state index in [1.807, 2.05) is 6.07 Å². The molecule has 1 amide bonds. The van der Waals surface area contributed by atoms with E-state index >= 15 is 0 Å². The molecule has 0 saturated carbocycles. The van der Waals surface area contributed by atoms with Crippen molar-refractivity contribution in [3.63, 3.8) is 0 Å². The number of hydrogen-bond donors (Lipinski definition) is 3. The number of aliphatic hydroxyl groups is 1. The summed E-state index contributed by atoms with van der Waals surface area (Å²) in [7, 11) is 0. The van der Waals surface area contributed by atoms with Crippen molar-refractivity contribution in [2.75, 3.05) is 6.54 Å². The van der Waals surface area contributed by atoms with Crippen molar-refractivity contribution in [1.29, 1.82) is 0 Å². The second-order valence-electron chi connectivity index (χ2n) is 7.51. The van der Waals surface area contributed by atoms with Gasteiger partial charge in [0.1, 0.15) is 0 Å². The van der Waals surface area contributed by atoms with E-state index in [9.17, 15) is 9.90 Å². The molecule has 0 bridgehead atoms. The lowest BCUT2D eigenvalue weighted by molar-refractivity contribution is -0.127. The Labute approximate surface area is 156 Å². The highest BCUT2D eigenvalue weighted by Crippen LogP contribution is 2.32. The minimum Gasteiger partial charge on any atom is -0.392 e. The van der Waals surface area contributed by atoms with E-state index in [2.05, 4.69) is 47.8 Å². The van der Waals surface area contributed by atoms with Crippen molar-refractivity contribution in [2.24, 2.45) is 17.6 Å². The zero-order valence-corrected chi connectivity index (χ0v) is 15.3. The molecule has 140 valence electrons. The highest BCUT2D eigenvalue weighted by Gasteiger charge is 2.29. The number of amides is 1. The van der Waals surface area contributed by atoms with Gasteiger partial charge < -0.3 is 16.2 Å². The van der Waals surface area contributed by atoms with Gasteiger partial charge in [0.2, 0.25) is 5.91 Å². The van der Waals surface area contributed by atoms with Crippen LogP contribution in [0.2, 0.25) is 0 Å². The van der Waals surface area contributed by atoms with Gasteiger partial charge in [-0.25, -0.2) is 0 Å². The Balaban J connectivity index is 1.66. The predicted molar refractivity (Wildman–Crippen MR) is 104 cm³/mol. The highest BCUT2D eigenvalue weighted by molar-refractivity contribution is 5.79. The predicted octanol–water partition coefficient (Wildman–Crippen LogP) is 3.03. The van der Waals surface area contributed by atoms with Gasteiger partial charge in [-0.05, 0) is 55.6 Å². The van der Waals surface area contributed by atoms with Crippen LogP contribution in [0.1, 0.15) is 49.3 Å². The maximum atomic E-state index is 13.0. The summed E-state index contributed by atoms with van der Waals surface area (Å²) in [5.74, 6) is 0.195. The first-order valence-electron chi connectivity index (χ1n) is 9.77. The molecule has 1 aromatic carbocycles. The third kappa shape index (κ3) is 4.83. The summed E-state index contributed by atoms with van der Waals surface area (Å²) >= 11 is 0. The Hall–Kier alpha value is -1.91. The van der Waals surface area contributed by atoms with Crippen LogP contribution in [0, 0.1) is 11.8 Å². The smallest absolute Gasteiger partial charge is 0.223 e. The number of carbonyl (C=O) groups is 1. The van der Waals surface area contributed by atoms with Crippen LogP contribution in [-0.2, 0) is 11.2 Å². The number of aryl methyl sites for hydroxylation is 1. The third-order valence-corrected chi connectivity index (χ3v) is 5.57. The van der Waals surface area contributed by atoms with Crippen LogP contribution in [0.15, 0.2) is 48.6 Å². The Morgan fingerprint density at radius 3 is 2.96 bits per heavy atom. The molecule has 0 saturated heterocycles. The lowest BCUT2D eigenvalue weighted by atomic mass is 9.87. The maximum Gasteiger partial charge on any atom is 0.223 e. The number of carbonyl (C=O) groups excluding carboxylic acids is 1.